The lowest BCUT2D eigenvalue weighted by Crippen LogP contribution is -2.07. The van der Waals surface area contributed by atoms with Crippen LogP contribution in [0, 0.1) is 5.82 Å². The van der Waals surface area contributed by atoms with Crippen LogP contribution in [0.1, 0.15) is 29.9 Å². The normalized spacial score (nSPS) is 12.4. The zero-order chi connectivity index (χ0) is 18.1. The maximum absolute atomic E-state index is 13.6. The molecule has 7 heteroatoms. The molecule has 0 aliphatic heterocycles. The molecule has 1 aromatic heterocycles. The molecule has 0 bridgehead atoms. The summed E-state index contributed by atoms with van der Waals surface area (Å²) in [6.07, 6.45) is 0.399. The van der Waals surface area contributed by atoms with E-state index in [1.165, 1.54) is 12.1 Å². The highest BCUT2D eigenvalue weighted by atomic mass is 35.5. The Bertz CT molecular complexity index is 925. The molecule has 0 spiro atoms. The van der Waals surface area contributed by atoms with Crippen LogP contribution in [0.2, 0.25) is 10.0 Å². The molecule has 1 atom stereocenters. The zero-order valence-corrected chi connectivity index (χ0v) is 14.9. The van der Waals surface area contributed by atoms with E-state index >= 15 is 0 Å². The number of benzene rings is 2. The summed E-state index contributed by atoms with van der Waals surface area (Å²) in [6.45, 7) is 1.83. The number of hydrogen-bond donors (Lipinski definition) is 2. The first-order chi connectivity index (χ1) is 11.8. The smallest absolute Gasteiger partial charge is 0.165 e. The van der Waals surface area contributed by atoms with Crippen molar-refractivity contribution in [1.82, 2.24) is 9.78 Å². The number of aromatic hydroxyl groups is 1. The first kappa shape index (κ1) is 17.7. The molecule has 3 aromatic rings. The average Bonchev–Trinajstić information content (AvgIpc) is 2.95. The molecule has 25 heavy (non-hydrogen) atoms. The summed E-state index contributed by atoms with van der Waals surface area (Å²) in [5, 5.41) is 14.8. The number of nitrogens with two attached hydrogens (primary N) is 1. The van der Waals surface area contributed by atoms with Crippen molar-refractivity contribution in [2.45, 2.75) is 19.4 Å². The molecule has 2 aromatic carbocycles. The van der Waals surface area contributed by atoms with Crippen LogP contribution in [-0.2, 0) is 6.42 Å². The van der Waals surface area contributed by atoms with E-state index in [0.29, 0.717) is 33.4 Å². The summed E-state index contributed by atoms with van der Waals surface area (Å²) >= 11 is 12.3. The molecule has 3 rings (SSSR count). The second kappa shape index (κ2) is 7.04. The van der Waals surface area contributed by atoms with E-state index in [-0.39, 0.29) is 11.8 Å². The molecule has 0 radical (unpaired) electrons. The van der Waals surface area contributed by atoms with Gasteiger partial charge in [0.15, 0.2) is 11.6 Å². The Hall–Kier alpha value is -2.08. The molecule has 3 N–H and O–H groups in total. The van der Waals surface area contributed by atoms with Gasteiger partial charge in [0, 0.05) is 23.2 Å². The van der Waals surface area contributed by atoms with Gasteiger partial charge in [-0.15, -0.1) is 0 Å². The molecular formula is C18H16Cl2FN3O. The number of halogens is 3. The fraction of sp³-hybridized carbons (Fsp3) is 0.167. The van der Waals surface area contributed by atoms with Gasteiger partial charge < -0.3 is 10.8 Å². The van der Waals surface area contributed by atoms with Gasteiger partial charge in [-0.3, -0.25) is 0 Å². The van der Waals surface area contributed by atoms with Gasteiger partial charge in [-0.1, -0.05) is 29.3 Å². The van der Waals surface area contributed by atoms with Gasteiger partial charge in [-0.25, -0.2) is 9.07 Å². The molecular weight excluding hydrogens is 364 g/mol. The Kier molecular flexibility index (Phi) is 4.99. The van der Waals surface area contributed by atoms with E-state index in [1.807, 2.05) is 13.0 Å². The lowest BCUT2D eigenvalue weighted by Gasteiger charge is -2.10. The second-order valence-electron chi connectivity index (χ2n) is 5.82. The first-order valence-electron chi connectivity index (χ1n) is 7.62. The van der Waals surface area contributed by atoms with Crippen molar-refractivity contribution in [2.24, 2.45) is 5.73 Å². The minimum atomic E-state index is -0.666. The lowest BCUT2D eigenvalue weighted by molar-refractivity contribution is 0.432. The summed E-state index contributed by atoms with van der Waals surface area (Å²) in [7, 11) is 0. The number of phenols is 1. The maximum atomic E-state index is 13.6. The third kappa shape index (κ3) is 3.79. The van der Waals surface area contributed by atoms with Crippen molar-refractivity contribution in [1.29, 1.82) is 0 Å². The average molecular weight is 380 g/mol. The highest BCUT2D eigenvalue weighted by Gasteiger charge is 2.15. The van der Waals surface area contributed by atoms with Crippen LogP contribution in [0.5, 0.6) is 5.75 Å². The molecule has 130 valence electrons. The van der Waals surface area contributed by atoms with Crippen LogP contribution in [0.3, 0.4) is 0 Å². The predicted octanol–water partition coefficient (Wildman–Crippen LogP) is 4.63. The monoisotopic (exact) mass is 379 g/mol. The van der Waals surface area contributed by atoms with E-state index in [0.717, 1.165) is 5.69 Å². The number of phenolic OH excluding ortho intramolecular Hbond substituents is 1. The first-order valence-corrected chi connectivity index (χ1v) is 8.38. The Balaban J connectivity index is 2.07. The van der Waals surface area contributed by atoms with Crippen LogP contribution in [0.15, 0.2) is 42.5 Å². The zero-order valence-electron chi connectivity index (χ0n) is 13.4. The molecule has 0 aliphatic carbocycles. The summed E-state index contributed by atoms with van der Waals surface area (Å²) in [6, 6.07) is 11.0. The second-order valence-corrected chi connectivity index (χ2v) is 6.66. The number of rotatable bonds is 4. The maximum Gasteiger partial charge on any atom is 0.165 e. The highest BCUT2D eigenvalue weighted by Crippen LogP contribution is 2.27. The Morgan fingerprint density at radius 1 is 1.20 bits per heavy atom. The van der Waals surface area contributed by atoms with Gasteiger partial charge in [0.05, 0.1) is 16.4 Å². The quantitative estimate of drug-likeness (QED) is 0.694. The van der Waals surface area contributed by atoms with Crippen molar-refractivity contribution in [2.75, 3.05) is 0 Å². The van der Waals surface area contributed by atoms with Gasteiger partial charge in [-0.2, -0.15) is 5.10 Å². The van der Waals surface area contributed by atoms with E-state index in [9.17, 15) is 9.50 Å². The molecule has 0 unspecified atom stereocenters. The topological polar surface area (TPSA) is 64.1 Å². The summed E-state index contributed by atoms with van der Waals surface area (Å²) in [5.41, 5.74) is 8.79. The van der Waals surface area contributed by atoms with Crippen molar-refractivity contribution < 1.29 is 9.50 Å². The van der Waals surface area contributed by atoms with Gasteiger partial charge in [0.1, 0.15) is 0 Å². The summed E-state index contributed by atoms with van der Waals surface area (Å²) in [4.78, 5) is 0. The van der Waals surface area contributed by atoms with Crippen molar-refractivity contribution in [3.05, 3.63) is 75.3 Å². The van der Waals surface area contributed by atoms with Crippen LogP contribution in [0.25, 0.3) is 5.69 Å². The third-order valence-electron chi connectivity index (χ3n) is 3.80. The van der Waals surface area contributed by atoms with E-state index < -0.39 is 5.82 Å². The van der Waals surface area contributed by atoms with Crippen LogP contribution in [0.4, 0.5) is 4.39 Å². The van der Waals surface area contributed by atoms with Gasteiger partial charge in [0.25, 0.3) is 0 Å². The standard InChI is InChI=1S/C18H16Cl2FN3O/c1-10(22)16-9-13(6-11-2-5-18(25)15(21)7-11)24(23-16)17-4-3-12(19)8-14(17)20/h2-5,7-10,25H,6,22H2,1H3/t10-/m1/s1. The summed E-state index contributed by atoms with van der Waals surface area (Å²) < 4.78 is 15.3. The largest absolute Gasteiger partial charge is 0.505 e. The Morgan fingerprint density at radius 2 is 1.96 bits per heavy atom. The molecule has 1 heterocycles. The van der Waals surface area contributed by atoms with E-state index in [4.69, 9.17) is 28.9 Å². The van der Waals surface area contributed by atoms with Gasteiger partial charge in [0.2, 0.25) is 0 Å². The van der Waals surface area contributed by atoms with E-state index in [1.54, 1.807) is 28.9 Å². The summed E-state index contributed by atoms with van der Waals surface area (Å²) in [5.74, 6) is -1.05. The van der Waals surface area contributed by atoms with Crippen LogP contribution < -0.4 is 5.73 Å². The number of nitrogens with zero attached hydrogens (tertiary/aromatic N) is 2. The Morgan fingerprint density at radius 3 is 2.60 bits per heavy atom. The van der Waals surface area contributed by atoms with Gasteiger partial charge >= 0.3 is 0 Å². The fourth-order valence-electron chi connectivity index (χ4n) is 2.52. The molecule has 0 fully saturated rings. The van der Waals surface area contributed by atoms with Crippen molar-refractivity contribution >= 4 is 23.2 Å². The number of hydrogen-bond acceptors (Lipinski definition) is 3. The van der Waals surface area contributed by atoms with Gasteiger partial charge in [-0.05, 0) is 48.9 Å². The lowest BCUT2D eigenvalue weighted by atomic mass is 10.1. The SMILES string of the molecule is C[C@@H](N)c1cc(Cc2ccc(O)c(F)c2)n(-c2ccc(Cl)cc2Cl)n1. The van der Waals surface area contributed by atoms with Crippen molar-refractivity contribution in [3.63, 3.8) is 0 Å². The van der Waals surface area contributed by atoms with Crippen molar-refractivity contribution in [3.8, 4) is 11.4 Å². The third-order valence-corrected chi connectivity index (χ3v) is 4.34. The molecule has 0 saturated heterocycles. The highest BCUT2D eigenvalue weighted by molar-refractivity contribution is 6.35. The molecule has 4 nitrogen and oxygen atoms in total. The molecule has 0 saturated carbocycles. The van der Waals surface area contributed by atoms with Crippen LogP contribution >= 0.6 is 23.2 Å². The Labute approximate surface area is 154 Å². The predicted molar refractivity (Wildman–Crippen MR) is 97.1 cm³/mol. The van der Waals surface area contributed by atoms with Crippen LogP contribution in [-0.4, -0.2) is 14.9 Å². The minimum Gasteiger partial charge on any atom is -0.505 e. The molecule has 0 amide bonds. The minimum absolute atomic E-state index is 0.261. The number of aromatic nitrogens is 2. The fourth-order valence-corrected chi connectivity index (χ4v) is 3.01. The van der Waals surface area contributed by atoms with E-state index in [2.05, 4.69) is 5.10 Å². The molecule has 0 aliphatic rings.